The van der Waals surface area contributed by atoms with E-state index in [1.54, 1.807) is 12.1 Å². The van der Waals surface area contributed by atoms with Crippen LogP contribution >= 0.6 is 0 Å². The van der Waals surface area contributed by atoms with E-state index >= 15 is 0 Å². The fourth-order valence-corrected chi connectivity index (χ4v) is 7.33. The van der Waals surface area contributed by atoms with Gasteiger partial charge in [-0.25, -0.2) is 4.79 Å². The maximum absolute atomic E-state index is 12.7. The fraction of sp³-hybridized carbons (Fsp3) is 0.462. The highest BCUT2D eigenvalue weighted by Gasteiger charge is 2.76. The van der Waals surface area contributed by atoms with Crippen LogP contribution < -0.4 is 4.74 Å². The van der Waals surface area contributed by atoms with Crippen molar-refractivity contribution in [2.75, 3.05) is 0 Å². The molecule has 3 saturated carbocycles. The van der Waals surface area contributed by atoms with Gasteiger partial charge in [0.15, 0.2) is 0 Å². The zero-order valence-corrected chi connectivity index (χ0v) is 16.8. The van der Waals surface area contributed by atoms with Crippen LogP contribution in [0.1, 0.15) is 66.4 Å². The number of benzene rings is 2. The van der Waals surface area contributed by atoms with Gasteiger partial charge in [0.1, 0.15) is 11.5 Å². The van der Waals surface area contributed by atoms with E-state index in [0.717, 1.165) is 32.1 Å². The van der Waals surface area contributed by atoms with Crippen LogP contribution in [0.15, 0.2) is 48.5 Å². The van der Waals surface area contributed by atoms with Gasteiger partial charge in [0.2, 0.25) is 0 Å². The first-order valence-corrected chi connectivity index (χ1v) is 11.0. The van der Waals surface area contributed by atoms with Gasteiger partial charge < -0.3 is 4.74 Å². The molecule has 1 spiro atoms. The Kier molecular flexibility index (Phi) is 3.49. The third-order valence-electron chi connectivity index (χ3n) is 8.79. The fourth-order valence-electron chi connectivity index (χ4n) is 7.33. The number of carbonyl (C=O) groups is 2. The van der Waals surface area contributed by atoms with E-state index in [4.69, 9.17) is 4.74 Å². The summed E-state index contributed by atoms with van der Waals surface area (Å²) < 4.78 is 5.65. The number of hydrogen-bond donors (Lipinski definition) is 0. The Morgan fingerprint density at radius 1 is 1.10 bits per heavy atom. The topological polar surface area (TPSA) is 43.4 Å². The summed E-state index contributed by atoms with van der Waals surface area (Å²) in [6.07, 6.45) is 6.41. The maximum atomic E-state index is 12.7. The van der Waals surface area contributed by atoms with Crippen LogP contribution in [-0.2, 0) is 11.2 Å². The van der Waals surface area contributed by atoms with E-state index in [1.807, 2.05) is 24.3 Å². The largest absolute Gasteiger partial charge is 0.423 e. The number of rotatable bonds is 2. The number of fused-ring (bicyclic) bond motifs is 3. The average Bonchev–Trinajstić information content (AvgIpc) is 3.40. The van der Waals surface area contributed by atoms with E-state index < -0.39 is 0 Å². The standard InChI is InChI=1S/C26H26O3/c1-25-12-11-21-20-9-8-19(29-24(28)16-5-3-2-4-6-16)13-17(20)7-10-22(21)26(25)15-18(26)14-23(25)27/h2-6,8-9,13,18,21-22H,7,10-12,14-15H2,1H3/t18-,21-,22-,25-,26+/m1/s1. The highest BCUT2D eigenvalue weighted by Crippen LogP contribution is 2.80. The minimum Gasteiger partial charge on any atom is -0.423 e. The van der Waals surface area contributed by atoms with Gasteiger partial charge in [0.05, 0.1) is 5.56 Å². The molecule has 0 bridgehead atoms. The molecule has 2 aromatic carbocycles. The highest BCUT2D eigenvalue weighted by molar-refractivity contribution is 5.91. The lowest BCUT2D eigenvalue weighted by Gasteiger charge is -2.50. The second kappa shape index (κ2) is 5.81. The Balaban J connectivity index is 1.28. The van der Waals surface area contributed by atoms with Gasteiger partial charge in [-0.1, -0.05) is 31.2 Å². The molecule has 29 heavy (non-hydrogen) atoms. The van der Waals surface area contributed by atoms with Crippen LogP contribution in [0, 0.1) is 22.7 Å². The van der Waals surface area contributed by atoms with Gasteiger partial charge in [-0.2, -0.15) is 0 Å². The highest BCUT2D eigenvalue weighted by atomic mass is 16.5. The molecule has 6 rings (SSSR count). The molecule has 148 valence electrons. The summed E-state index contributed by atoms with van der Waals surface area (Å²) in [5.74, 6) is 2.69. The van der Waals surface area contributed by atoms with Crippen LogP contribution in [0.3, 0.4) is 0 Å². The van der Waals surface area contributed by atoms with E-state index in [1.165, 1.54) is 17.5 Å². The van der Waals surface area contributed by atoms with Crippen LogP contribution in [0.4, 0.5) is 0 Å². The van der Waals surface area contributed by atoms with Gasteiger partial charge in [-0.3, -0.25) is 4.79 Å². The number of ketones is 1. The summed E-state index contributed by atoms with van der Waals surface area (Å²) in [6.45, 7) is 2.26. The first kappa shape index (κ1) is 17.4. The van der Waals surface area contributed by atoms with Crippen LogP contribution in [0.25, 0.3) is 0 Å². The zero-order valence-electron chi connectivity index (χ0n) is 16.8. The molecule has 0 amide bonds. The van der Waals surface area contributed by atoms with Crippen molar-refractivity contribution in [2.24, 2.45) is 22.7 Å². The first-order chi connectivity index (χ1) is 14.0. The Labute approximate surface area is 171 Å². The molecule has 0 saturated heterocycles. The molecule has 0 heterocycles. The summed E-state index contributed by atoms with van der Waals surface area (Å²) in [7, 11) is 0. The van der Waals surface area contributed by atoms with E-state index in [2.05, 4.69) is 19.1 Å². The second-order valence-electron chi connectivity index (χ2n) is 9.81. The molecular formula is C26H26O3. The predicted molar refractivity (Wildman–Crippen MR) is 110 cm³/mol. The number of esters is 1. The van der Waals surface area contributed by atoms with Crippen LogP contribution in [0.5, 0.6) is 5.75 Å². The van der Waals surface area contributed by atoms with Gasteiger partial charge >= 0.3 is 5.97 Å². The summed E-state index contributed by atoms with van der Waals surface area (Å²) in [5.41, 5.74) is 3.54. The molecule has 3 nitrogen and oxygen atoms in total. The maximum Gasteiger partial charge on any atom is 0.343 e. The number of Topliss-reactive ketones (excluding diaryl/α,β-unsaturated/α-hetero) is 1. The lowest BCUT2D eigenvalue weighted by atomic mass is 9.52. The molecule has 0 aliphatic heterocycles. The lowest BCUT2D eigenvalue weighted by Crippen LogP contribution is -2.46. The summed E-state index contributed by atoms with van der Waals surface area (Å²) >= 11 is 0. The predicted octanol–water partition coefficient (Wildman–Crippen LogP) is 5.33. The van der Waals surface area contributed by atoms with E-state index in [-0.39, 0.29) is 16.8 Å². The molecule has 5 atom stereocenters. The summed E-state index contributed by atoms with van der Waals surface area (Å²) in [5, 5.41) is 0. The van der Waals surface area contributed by atoms with Gasteiger partial charge in [0.25, 0.3) is 0 Å². The lowest BCUT2D eigenvalue weighted by molar-refractivity contribution is -0.132. The monoisotopic (exact) mass is 386 g/mol. The van der Waals surface area contributed by atoms with Crippen LogP contribution in [0.2, 0.25) is 0 Å². The van der Waals surface area contributed by atoms with Crippen molar-refractivity contribution in [3.63, 3.8) is 0 Å². The minimum absolute atomic E-state index is 0.0680. The number of ether oxygens (including phenoxy) is 1. The van der Waals surface area contributed by atoms with E-state index in [0.29, 0.717) is 34.8 Å². The van der Waals surface area contributed by atoms with Crippen molar-refractivity contribution in [3.8, 4) is 5.75 Å². The molecule has 3 heteroatoms. The first-order valence-electron chi connectivity index (χ1n) is 11.0. The van der Waals surface area contributed by atoms with Crippen molar-refractivity contribution < 1.29 is 14.3 Å². The third-order valence-corrected chi connectivity index (χ3v) is 8.79. The zero-order chi connectivity index (χ0) is 19.8. The minimum atomic E-state index is -0.308. The average molecular weight is 386 g/mol. The number of carbonyl (C=O) groups excluding carboxylic acids is 2. The quantitative estimate of drug-likeness (QED) is 0.517. The van der Waals surface area contributed by atoms with Crippen molar-refractivity contribution >= 4 is 11.8 Å². The molecule has 2 aromatic rings. The number of aryl methyl sites for hydroxylation is 1. The molecular weight excluding hydrogens is 360 g/mol. The van der Waals surface area contributed by atoms with Crippen molar-refractivity contribution in [3.05, 3.63) is 65.2 Å². The van der Waals surface area contributed by atoms with Crippen LogP contribution in [-0.4, -0.2) is 11.8 Å². The van der Waals surface area contributed by atoms with Crippen molar-refractivity contribution in [2.45, 2.75) is 51.4 Å². The van der Waals surface area contributed by atoms with Gasteiger partial charge in [0, 0.05) is 11.8 Å². The number of hydrogen-bond acceptors (Lipinski definition) is 3. The molecule has 4 aliphatic carbocycles. The van der Waals surface area contributed by atoms with Gasteiger partial charge in [-0.05, 0) is 90.7 Å². The Bertz CT molecular complexity index is 1030. The molecule has 3 fully saturated rings. The van der Waals surface area contributed by atoms with Crippen molar-refractivity contribution in [1.82, 2.24) is 0 Å². The Morgan fingerprint density at radius 3 is 2.76 bits per heavy atom. The third kappa shape index (κ3) is 2.25. The SMILES string of the molecule is C[C@]12CC[C@@H]3c4ccc(OC(=O)c5ccccc5)cc4CC[C@H]3[C@@]13C[C@H]3CC2=O. The van der Waals surface area contributed by atoms with Crippen molar-refractivity contribution in [1.29, 1.82) is 0 Å². The molecule has 0 aromatic heterocycles. The summed E-state index contributed by atoms with van der Waals surface area (Å²) in [6, 6.07) is 15.4. The Morgan fingerprint density at radius 2 is 1.93 bits per heavy atom. The summed E-state index contributed by atoms with van der Waals surface area (Å²) in [4.78, 5) is 25.1. The van der Waals surface area contributed by atoms with E-state index in [9.17, 15) is 9.59 Å². The normalized spacial score (nSPS) is 36.4. The van der Waals surface area contributed by atoms with Gasteiger partial charge in [-0.15, -0.1) is 0 Å². The molecule has 0 unspecified atom stereocenters. The molecule has 4 aliphatic rings. The second-order valence-corrected chi connectivity index (χ2v) is 9.81. The smallest absolute Gasteiger partial charge is 0.343 e. The molecule has 0 radical (unpaired) electrons. The Hall–Kier alpha value is -2.42. The molecule has 0 N–H and O–H groups in total.